The number of aryl methyl sites for hydroxylation is 1. The molecule has 3 aromatic rings. The fourth-order valence-corrected chi connectivity index (χ4v) is 2.64. The molecule has 7 heteroatoms. The molecular weight excluding hydrogens is 328 g/mol. The number of aromatic nitrogens is 3. The van der Waals surface area contributed by atoms with Gasteiger partial charge in [0.15, 0.2) is 0 Å². The Kier molecular flexibility index (Phi) is 4.22. The van der Waals surface area contributed by atoms with Gasteiger partial charge in [0.25, 0.3) is 5.91 Å². The van der Waals surface area contributed by atoms with Crippen molar-refractivity contribution < 1.29 is 9.90 Å². The quantitative estimate of drug-likeness (QED) is 0.761. The molecule has 0 bridgehead atoms. The van der Waals surface area contributed by atoms with Crippen molar-refractivity contribution >= 4 is 17.5 Å². The summed E-state index contributed by atoms with van der Waals surface area (Å²) in [5.41, 5.74) is 8.67. The zero-order valence-corrected chi connectivity index (χ0v) is 13.7. The normalized spacial score (nSPS) is 10.8. The number of carbonyl (C=O) groups is 1. The smallest absolute Gasteiger partial charge is 0.252 e. The molecule has 0 atom stereocenters. The van der Waals surface area contributed by atoms with Gasteiger partial charge in [-0.25, -0.2) is 0 Å². The number of hydrogen-bond acceptors (Lipinski definition) is 4. The first-order chi connectivity index (χ1) is 11.4. The minimum Gasteiger partial charge on any atom is -0.507 e. The molecule has 0 saturated carbocycles. The first kappa shape index (κ1) is 16.0. The number of pyridine rings is 1. The van der Waals surface area contributed by atoms with E-state index < -0.39 is 5.91 Å². The number of nitrogens with zero attached hydrogens (tertiary/aromatic N) is 3. The second-order valence-corrected chi connectivity index (χ2v) is 5.86. The van der Waals surface area contributed by atoms with Crippen molar-refractivity contribution in [3.63, 3.8) is 0 Å². The van der Waals surface area contributed by atoms with Crippen LogP contribution >= 0.6 is 11.6 Å². The molecule has 24 heavy (non-hydrogen) atoms. The minimum atomic E-state index is -0.699. The average Bonchev–Trinajstić information content (AvgIpc) is 2.97. The number of nitrogens with two attached hydrogens (primary N) is 1. The van der Waals surface area contributed by atoms with E-state index in [0.717, 1.165) is 16.8 Å². The second kappa shape index (κ2) is 6.33. The van der Waals surface area contributed by atoms with E-state index in [-0.39, 0.29) is 11.3 Å². The Morgan fingerprint density at radius 3 is 2.71 bits per heavy atom. The maximum atomic E-state index is 11.3. The minimum absolute atomic E-state index is 0.0503. The maximum absolute atomic E-state index is 11.3. The molecule has 3 rings (SSSR count). The molecule has 0 aliphatic heterocycles. The van der Waals surface area contributed by atoms with Crippen LogP contribution in [0.5, 0.6) is 5.75 Å². The number of rotatable bonds is 4. The Bertz CT molecular complexity index is 903. The van der Waals surface area contributed by atoms with Gasteiger partial charge in [0, 0.05) is 36.4 Å². The SMILES string of the molecule is Cn1cc(-c2ccc(Cc3cc(C(N)=O)c(O)cc3Cl)cn2)cn1. The van der Waals surface area contributed by atoms with Crippen molar-refractivity contribution in [2.75, 3.05) is 0 Å². The van der Waals surface area contributed by atoms with Crippen molar-refractivity contribution in [3.8, 4) is 17.0 Å². The van der Waals surface area contributed by atoms with E-state index in [0.29, 0.717) is 17.0 Å². The molecule has 122 valence electrons. The number of phenols is 1. The molecule has 2 aromatic heterocycles. The number of halogens is 1. The number of benzene rings is 1. The monoisotopic (exact) mass is 342 g/mol. The average molecular weight is 343 g/mol. The fourth-order valence-electron chi connectivity index (χ4n) is 2.41. The summed E-state index contributed by atoms with van der Waals surface area (Å²) in [6.07, 6.45) is 5.85. The summed E-state index contributed by atoms with van der Waals surface area (Å²) in [4.78, 5) is 15.8. The van der Waals surface area contributed by atoms with Crippen LogP contribution in [0.15, 0.2) is 42.9 Å². The topological polar surface area (TPSA) is 94.0 Å². The highest BCUT2D eigenvalue weighted by atomic mass is 35.5. The maximum Gasteiger partial charge on any atom is 0.252 e. The highest BCUT2D eigenvalue weighted by Crippen LogP contribution is 2.28. The van der Waals surface area contributed by atoms with Crippen LogP contribution in [0.1, 0.15) is 21.5 Å². The van der Waals surface area contributed by atoms with Crippen LogP contribution in [0.25, 0.3) is 11.3 Å². The first-order valence-electron chi connectivity index (χ1n) is 7.19. The molecule has 0 unspecified atom stereocenters. The van der Waals surface area contributed by atoms with E-state index >= 15 is 0 Å². The van der Waals surface area contributed by atoms with Gasteiger partial charge in [-0.15, -0.1) is 0 Å². The highest BCUT2D eigenvalue weighted by molar-refractivity contribution is 6.31. The molecule has 3 N–H and O–H groups in total. The molecule has 0 fully saturated rings. The summed E-state index contributed by atoms with van der Waals surface area (Å²) in [6, 6.07) is 6.67. The van der Waals surface area contributed by atoms with Crippen LogP contribution in [0, 0.1) is 0 Å². The zero-order chi connectivity index (χ0) is 17.3. The molecule has 0 aliphatic rings. The first-order valence-corrected chi connectivity index (χ1v) is 7.57. The van der Waals surface area contributed by atoms with Gasteiger partial charge in [-0.05, 0) is 29.3 Å². The van der Waals surface area contributed by atoms with Gasteiger partial charge >= 0.3 is 0 Å². The van der Waals surface area contributed by atoms with Crippen molar-refractivity contribution in [1.82, 2.24) is 14.8 Å². The van der Waals surface area contributed by atoms with E-state index in [1.54, 1.807) is 17.1 Å². The van der Waals surface area contributed by atoms with Crippen LogP contribution in [-0.4, -0.2) is 25.8 Å². The Labute approximate surface area is 143 Å². The molecule has 1 aromatic carbocycles. The van der Waals surface area contributed by atoms with Gasteiger partial charge in [0.05, 0.1) is 17.5 Å². The van der Waals surface area contributed by atoms with Gasteiger partial charge in [-0.1, -0.05) is 17.7 Å². The lowest BCUT2D eigenvalue weighted by Gasteiger charge is -2.08. The van der Waals surface area contributed by atoms with Gasteiger partial charge in [0.1, 0.15) is 5.75 Å². The lowest BCUT2D eigenvalue weighted by Crippen LogP contribution is -2.11. The summed E-state index contributed by atoms with van der Waals surface area (Å²) >= 11 is 6.14. The Morgan fingerprint density at radius 1 is 1.33 bits per heavy atom. The third kappa shape index (κ3) is 3.23. The standard InChI is InChI=1S/C17H15ClN4O2/c1-22-9-12(8-21-22)15-3-2-10(7-20-15)4-11-5-13(17(19)24)16(23)6-14(11)18/h2-3,5-9,23H,4H2,1H3,(H2,19,24). The third-order valence-electron chi connectivity index (χ3n) is 3.65. The molecule has 0 spiro atoms. The van der Waals surface area contributed by atoms with Crippen LogP contribution in [0.3, 0.4) is 0 Å². The van der Waals surface area contributed by atoms with Crippen molar-refractivity contribution in [3.05, 3.63) is 64.6 Å². The van der Waals surface area contributed by atoms with Crippen LogP contribution in [0.2, 0.25) is 5.02 Å². The van der Waals surface area contributed by atoms with Crippen molar-refractivity contribution in [1.29, 1.82) is 0 Å². The number of primary amides is 1. The van der Waals surface area contributed by atoms with Gasteiger partial charge in [-0.2, -0.15) is 5.10 Å². The Balaban J connectivity index is 1.86. The van der Waals surface area contributed by atoms with E-state index in [4.69, 9.17) is 17.3 Å². The van der Waals surface area contributed by atoms with Gasteiger partial charge in [0.2, 0.25) is 0 Å². The summed E-state index contributed by atoms with van der Waals surface area (Å²) in [7, 11) is 1.85. The fraction of sp³-hybridized carbons (Fsp3) is 0.118. The van der Waals surface area contributed by atoms with E-state index in [9.17, 15) is 9.90 Å². The number of amides is 1. The molecule has 0 aliphatic carbocycles. The zero-order valence-electron chi connectivity index (χ0n) is 12.9. The molecule has 6 nitrogen and oxygen atoms in total. The van der Waals surface area contributed by atoms with Gasteiger partial charge in [-0.3, -0.25) is 14.5 Å². The third-order valence-corrected chi connectivity index (χ3v) is 4.00. The molecule has 1 amide bonds. The number of aromatic hydroxyl groups is 1. The number of hydrogen-bond donors (Lipinski definition) is 2. The molecule has 0 radical (unpaired) electrons. The van der Waals surface area contributed by atoms with E-state index in [1.165, 1.54) is 12.1 Å². The Morgan fingerprint density at radius 2 is 2.12 bits per heavy atom. The molecule has 0 saturated heterocycles. The van der Waals surface area contributed by atoms with E-state index in [2.05, 4.69) is 10.1 Å². The van der Waals surface area contributed by atoms with Crippen molar-refractivity contribution in [2.45, 2.75) is 6.42 Å². The molecule has 2 heterocycles. The summed E-state index contributed by atoms with van der Waals surface area (Å²) < 4.78 is 1.71. The van der Waals surface area contributed by atoms with Crippen LogP contribution in [0.4, 0.5) is 0 Å². The summed E-state index contributed by atoms with van der Waals surface area (Å²) in [5.74, 6) is -0.920. The van der Waals surface area contributed by atoms with E-state index in [1.807, 2.05) is 25.4 Å². The highest BCUT2D eigenvalue weighted by Gasteiger charge is 2.13. The van der Waals surface area contributed by atoms with Crippen LogP contribution < -0.4 is 5.73 Å². The summed E-state index contributed by atoms with van der Waals surface area (Å²) in [6.45, 7) is 0. The number of carbonyl (C=O) groups excluding carboxylic acids is 1. The predicted octanol–water partition coefficient (Wildman–Crippen LogP) is 2.53. The lowest BCUT2D eigenvalue weighted by molar-refractivity contribution is 0.0997. The second-order valence-electron chi connectivity index (χ2n) is 5.46. The predicted molar refractivity (Wildman–Crippen MR) is 90.9 cm³/mol. The Hall–Kier alpha value is -2.86. The lowest BCUT2D eigenvalue weighted by atomic mass is 10.0. The summed E-state index contributed by atoms with van der Waals surface area (Å²) in [5, 5.41) is 14.2. The van der Waals surface area contributed by atoms with Crippen LogP contribution in [-0.2, 0) is 13.5 Å². The van der Waals surface area contributed by atoms with Crippen molar-refractivity contribution in [2.24, 2.45) is 12.8 Å². The van der Waals surface area contributed by atoms with Gasteiger partial charge < -0.3 is 10.8 Å². The molecular formula is C17H15ClN4O2. The largest absolute Gasteiger partial charge is 0.507 e.